The van der Waals surface area contributed by atoms with Gasteiger partial charge in [0, 0.05) is 11.3 Å². The summed E-state index contributed by atoms with van der Waals surface area (Å²) < 4.78 is 11.0. The molecule has 0 aliphatic carbocycles. The molecular weight excluding hydrogens is 278 g/mol. The topological polar surface area (TPSA) is 47.6 Å². The molecule has 114 valence electrons. The number of para-hydroxylation sites is 1. The van der Waals surface area contributed by atoms with Crippen molar-refractivity contribution in [3.05, 3.63) is 53.6 Å². The van der Waals surface area contributed by atoms with Crippen molar-refractivity contribution in [2.45, 2.75) is 19.8 Å². The number of nitrogens with one attached hydrogen (secondary N) is 1. The Hall–Kier alpha value is -2.49. The first-order valence-corrected chi connectivity index (χ1v) is 7.45. The fraction of sp³-hybridized carbons (Fsp3) is 0.278. The first kappa shape index (κ1) is 14.4. The molecule has 0 spiro atoms. The van der Waals surface area contributed by atoms with Gasteiger partial charge in [-0.3, -0.25) is 4.79 Å². The van der Waals surface area contributed by atoms with Crippen molar-refractivity contribution in [2.75, 3.05) is 18.5 Å². The van der Waals surface area contributed by atoms with Crippen molar-refractivity contribution in [2.24, 2.45) is 0 Å². The number of hydrogen-bond donors (Lipinski definition) is 1. The van der Waals surface area contributed by atoms with Gasteiger partial charge in [0.1, 0.15) is 13.2 Å². The van der Waals surface area contributed by atoms with Crippen molar-refractivity contribution in [3.8, 4) is 11.5 Å². The first-order valence-electron chi connectivity index (χ1n) is 7.45. The van der Waals surface area contributed by atoms with Gasteiger partial charge in [0.2, 0.25) is 0 Å². The molecule has 2 aromatic rings. The minimum absolute atomic E-state index is 0.148. The third-order valence-electron chi connectivity index (χ3n) is 3.64. The summed E-state index contributed by atoms with van der Waals surface area (Å²) in [6.45, 7) is 5.26. The van der Waals surface area contributed by atoms with E-state index in [2.05, 4.69) is 19.2 Å². The fourth-order valence-corrected chi connectivity index (χ4v) is 2.49. The molecule has 0 saturated heterocycles. The van der Waals surface area contributed by atoms with E-state index in [0.29, 0.717) is 36.2 Å². The van der Waals surface area contributed by atoms with E-state index >= 15 is 0 Å². The van der Waals surface area contributed by atoms with E-state index in [4.69, 9.17) is 9.47 Å². The molecule has 1 aliphatic rings. The van der Waals surface area contributed by atoms with E-state index in [1.165, 1.54) is 0 Å². The molecule has 0 aromatic heterocycles. The monoisotopic (exact) mass is 297 g/mol. The summed E-state index contributed by atoms with van der Waals surface area (Å²) in [6, 6.07) is 13.1. The number of fused-ring (bicyclic) bond motifs is 1. The van der Waals surface area contributed by atoms with Crippen LogP contribution < -0.4 is 14.8 Å². The SMILES string of the molecule is CC(C)c1ccccc1NC(=O)c1ccc2c(c1)OCCO2. The Morgan fingerprint density at radius 3 is 2.55 bits per heavy atom. The maximum Gasteiger partial charge on any atom is 0.255 e. The second-order valence-electron chi connectivity index (χ2n) is 5.55. The van der Waals surface area contributed by atoms with E-state index in [1.807, 2.05) is 24.3 Å². The molecule has 22 heavy (non-hydrogen) atoms. The highest BCUT2D eigenvalue weighted by Gasteiger charge is 2.16. The molecule has 0 fully saturated rings. The van der Waals surface area contributed by atoms with Gasteiger partial charge in [0.05, 0.1) is 0 Å². The lowest BCUT2D eigenvalue weighted by Crippen LogP contribution is -2.17. The Kier molecular flexibility index (Phi) is 4.00. The molecule has 1 amide bonds. The highest BCUT2D eigenvalue weighted by Crippen LogP contribution is 2.31. The summed E-state index contributed by atoms with van der Waals surface area (Å²) in [6.07, 6.45) is 0. The van der Waals surface area contributed by atoms with E-state index in [-0.39, 0.29) is 5.91 Å². The van der Waals surface area contributed by atoms with Gasteiger partial charge in [0.15, 0.2) is 11.5 Å². The number of benzene rings is 2. The summed E-state index contributed by atoms with van der Waals surface area (Å²) >= 11 is 0. The second kappa shape index (κ2) is 6.10. The average Bonchev–Trinajstić information content (AvgIpc) is 2.54. The molecule has 1 N–H and O–H groups in total. The summed E-state index contributed by atoms with van der Waals surface area (Å²) in [5, 5.41) is 2.98. The van der Waals surface area contributed by atoms with Crippen molar-refractivity contribution in [1.29, 1.82) is 0 Å². The lowest BCUT2D eigenvalue weighted by molar-refractivity contribution is 0.102. The molecule has 4 nitrogen and oxygen atoms in total. The Bertz CT molecular complexity index is 694. The van der Waals surface area contributed by atoms with Crippen LogP contribution in [-0.2, 0) is 0 Å². The van der Waals surface area contributed by atoms with Crippen LogP contribution in [0.5, 0.6) is 11.5 Å². The van der Waals surface area contributed by atoms with Crippen molar-refractivity contribution in [3.63, 3.8) is 0 Å². The molecule has 0 radical (unpaired) electrons. The quantitative estimate of drug-likeness (QED) is 0.936. The summed E-state index contributed by atoms with van der Waals surface area (Å²) in [7, 11) is 0. The van der Waals surface area contributed by atoms with Crippen LogP contribution in [0.2, 0.25) is 0 Å². The third kappa shape index (κ3) is 2.91. The van der Waals surface area contributed by atoms with E-state index in [1.54, 1.807) is 18.2 Å². The zero-order valence-corrected chi connectivity index (χ0v) is 12.8. The first-order chi connectivity index (χ1) is 10.6. The number of amides is 1. The van der Waals surface area contributed by atoms with Gasteiger partial charge >= 0.3 is 0 Å². The minimum atomic E-state index is -0.148. The van der Waals surface area contributed by atoms with Crippen LogP contribution in [-0.4, -0.2) is 19.1 Å². The Balaban J connectivity index is 1.83. The minimum Gasteiger partial charge on any atom is -0.486 e. The molecule has 1 heterocycles. The fourth-order valence-electron chi connectivity index (χ4n) is 2.49. The van der Waals surface area contributed by atoms with Gasteiger partial charge in [-0.2, -0.15) is 0 Å². The number of ether oxygens (including phenoxy) is 2. The molecule has 0 unspecified atom stereocenters. The molecule has 4 heteroatoms. The lowest BCUT2D eigenvalue weighted by atomic mass is 10.0. The van der Waals surface area contributed by atoms with E-state index < -0.39 is 0 Å². The van der Waals surface area contributed by atoms with Gasteiger partial charge in [-0.25, -0.2) is 0 Å². The van der Waals surface area contributed by atoms with Crippen LogP contribution in [0, 0.1) is 0 Å². The summed E-state index contributed by atoms with van der Waals surface area (Å²) in [5.74, 6) is 1.50. The normalized spacial score (nSPS) is 13.0. The number of carbonyl (C=O) groups is 1. The van der Waals surface area contributed by atoms with Crippen LogP contribution in [0.3, 0.4) is 0 Å². The molecule has 1 aliphatic heterocycles. The van der Waals surface area contributed by atoms with Crippen molar-refractivity contribution in [1.82, 2.24) is 0 Å². The van der Waals surface area contributed by atoms with Crippen LogP contribution in [0.25, 0.3) is 0 Å². The smallest absolute Gasteiger partial charge is 0.255 e. The third-order valence-corrected chi connectivity index (χ3v) is 3.64. The highest BCUT2D eigenvalue weighted by molar-refractivity contribution is 6.05. The van der Waals surface area contributed by atoms with Crippen molar-refractivity contribution < 1.29 is 14.3 Å². The number of hydrogen-bond acceptors (Lipinski definition) is 3. The summed E-state index contributed by atoms with van der Waals surface area (Å²) in [4.78, 5) is 12.5. The van der Waals surface area contributed by atoms with Gasteiger partial charge in [-0.15, -0.1) is 0 Å². The number of carbonyl (C=O) groups excluding carboxylic acids is 1. The molecular formula is C18H19NO3. The number of rotatable bonds is 3. The molecule has 0 bridgehead atoms. The van der Waals surface area contributed by atoms with Crippen molar-refractivity contribution >= 4 is 11.6 Å². The largest absolute Gasteiger partial charge is 0.486 e. The van der Waals surface area contributed by atoms with Gasteiger partial charge in [-0.05, 0) is 35.7 Å². The number of anilines is 1. The molecule has 0 atom stereocenters. The zero-order valence-electron chi connectivity index (χ0n) is 12.8. The lowest BCUT2D eigenvalue weighted by Gasteiger charge is -2.19. The predicted molar refractivity (Wildman–Crippen MR) is 85.9 cm³/mol. The van der Waals surface area contributed by atoms with Crippen LogP contribution in [0.1, 0.15) is 35.7 Å². The van der Waals surface area contributed by atoms with Crippen LogP contribution >= 0.6 is 0 Å². The van der Waals surface area contributed by atoms with Gasteiger partial charge in [-0.1, -0.05) is 32.0 Å². The summed E-state index contributed by atoms with van der Waals surface area (Å²) in [5.41, 5.74) is 2.52. The molecule has 0 saturated carbocycles. The second-order valence-corrected chi connectivity index (χ2v) is 5.55. The van der Waals surface area contributed by atoms with E-state index in [0.717, 1.165) is 11.3 Å². The maximum atomic E-state index is 12.5. The van der Waals surface area contributed by atoms with Crippen LogP contribution in [0.15, 0.2) is 42.5 Å². The standard InChI is InChI=1S/C18H19NO3/c1-12(2)14-5-3-4-6-15(14)19-18(20)13-7-8-16-17(11-13)22-10-9-21-16/h3-8,11-12H,9-10H2,1-2H3,(H,19,20). The highest BCUT2D eigenvalue weighted by atomic mass is 16.6. The Morgan fingerprint density at radius 2 is 1.77 bits per heavy atom. The molecule has 2 aromatic carbocycles. The van der Waals surface area contributed by atoms with Gasteiger partial charge < -0.3 is 14.8 Å². The predicted octanol–water partition coefficient (Wildman–Crippen LogP) is 3.83. The maximum absolute atomic E-state index is 12.5. The van der Waals surface area contributed by atoms with E-state index in [9.17, 15) is 4.79 Å². The average molecular weight is 297 g/mol. The Labute approximate surface area is 130 Å². The Morgan fingerprint density at radius 1 is 1.05 bits per heavy atom. The van der Waals surface area contributed by atoms with Crippen LogP contribution in [0.4, 0.5) is 5.69 Å². The van der Waals surface area contributed by atoms with Gasteiger partial charge in [0.25, 0.3) is 5.91 Å². The molecule has 3 rings (SSSR count). The zero-order chi connectivity index (χ0) is 15.5.